The Hall–Kier alpha value is -2.03. The Labute approximate surface area is 317 Å². The lowest BCUT2D eigenvalue weighted by molar-refractivity contribution is -0.161. The molecule has 0 radical (unpaired) electrons. The van der Waals surface area contributed by atoms with E-state index >= 15 is 0 Å². The monoisotopic (exact) mass is 755 g/mol. The zero-order valence-corrected chi connectivity index (χ0v) is 33.7. The molecule has 0 fully saturated rings. The van der Waals surface area contributed by atoms with Crippen molar-refractivity contribution in [3.05, 3.63) is 48.6 Å². The number of hydrogen-bond donors (Lipinski definition) is 3. The SMILES string of the molecule is CCCCCCCCCCCCCCCCCCC(=O)OC[C@H](COP(=O)(O)O)OC(=O)CCC/C=C\C/C=C\C/C=C\C/C=C\[C@H](O)CCCC. The maximum absolute atomic E-state index is 12.4. The normalized spacial score (nSPS) is 13.6. The van der Waals surface area contributed by atoms with E-state index in [-0.39, 0.29) is 25.6 Å². The van der Waals surface area contributed by atoms with Crippen molar-refractivity contribution in [1.29, 1.82) is 0 Å². The summed E-state index contributed by atoms with van der Waals surface area (Å²) in [4.78, 5) is 42.8. The topological polar surface area (TPSA) is 140 Å². The molecule has 0 rings (SSSR count). The highest BCUT2D eigenvalue weighted by atomic mass is 31.2. The van der Waals surface area contributed by atoms with Gasteiger partial charge in [-0.1, -0.05) is 172 Å². The number of carbonyl (C=O) groups excluding carboxylic acids is 2. The largest absolute Gasteiger partial charge is 0.469 e. The van der Waals surface area contributed by atoms with Crippen molar-refractivity contribution in [2.45, 2.75) is 193 Å². The fourth-order valence-corrected chi connectivity index (χ4v) is 5.92. The van der Waals surface area contributed by atoms with Crippen LogP contribution in [0, 0.1) is 0 Å². The van der Waals surface area contributed by atoms with Crippen LogP contribution in [-0.2, 0) is 28.2 Å². The molecule has 0 aromatic rings. The Morgan fingerprint density at radius 3 is 1.56 bits per heavy atom. The summed E-state index contributed by atoms with van der Waals surface area (Å²) in [7, 11) is -4.78. The molecule has 0 aliphatic carbocycles. The number of phosphoric ester groups is 1. The third-order valence-electron chi connectivity index (χ3n) is 8.67. The molecule has 0 spiro atoms. The van der Waals surface area contributed by atoms with Crippen LogP contribution in [0.3, 0.4) is 0 Å². The number of aliphatic hydroxyl groups excluding tert-OH is 1. The van der Waals surface area contributed by atoms with Crippen LogP contribution in [0.25, 0.3) is 0 Å². The first-order chi connectivity index (χ1) is 25.2. The lowest BCUT2D eigenvalue weighted by Crippen LogP contribution is -2.29. The molecule has 2 atom stereocenters. The minimum absolute atomic E-state index is 0.120. The molecule has 0 aromatic carbocycles. The lowest BCUT2D eigenvalue weighted by atomic mass is 10.0. The zero-order valence-electron chi connectivity index (χ0n) is 32.8. The first-order valence-electron chi connectivity index (χ1n) is 20.5. The quantitative estimate of drug-likeness (QED) is 0.0245. The third-order valence-corrected chi connectivity index (χ3v) is 9.16. The molecule has 0 saturated heterocycles. The van der Waals surface area contributed by atoms with E-state index in [1.807, 2.05) is 24.3 Å². The van der Waals surface area contributed by atoms with E-state index < -0.39 is 32.5 Å². The van der Waals surface area contributed by atoms with Gasteiger partial charge in [0.15, 0.2) is 6.10 Å². The highest BCUT2D eigenvalue weighted by Gasteiger charge is 2.22. The summed E-state index contributed by atoms with van der Waals surface area (Å²) >= 11 is 0. The van der Waals surface area contributed by atoms with Crippen molar-refractivity contribution in [2.24, 2.45) is 0 Å². The Morgan fingerprint density at radius 2 is 1.04 bits per heavy atom. The molecule has 0 unspecified atom stereocenters. The minimum atomic E-state index is -4.78. The number of hydrogen-bond acceptors (Lipinski definition) is 7. The summed E-state index contributed by atoms with van der Waals surface area (Å²) in [6.07, 6.45) is 41.7. The summed E-state index contributed by atoms with van der Waals surface area (Å²) in [5.74, 6) is -0.970. The van der Waals surface area contributed by atoms with Crippen LogP contribution in [0.15, 0.2) is 48.6 Å². The second-order valence-corrected chi connectivity index (χ2v) is 15.0. The first kappa shape index (κ1) is 50.0. The van der Waals surface area contributed by atoms with Gasteiger partial charge < -0.3 is 24.4 Å². The van der Waals surface area contributed by atoms with Gasteiger partial charge >= 0.3 is 19.8 Å². The molecule has 302 valence electrons. The van der Waals surface area contributed by atoms with E-state index in [4.69, 9.17) is 19.3 Å². The molecule has 0 bridgehead atoms. The van der Waals surface area contributed by atoms with Crippen LogP contribution in [-0.4, -0.2) is 52.3 Å². The molecule has 0 saturated carbocycles. The van der Waals surface area contributed by atoms with Gasteiger partial charge in [0.2, 0.25) is 0 Å². The van der Waals surface area contributed by atoms with Gasteiger partial charge in [0.05, 0.1) is 12.7 Å². The van der Waals surface area contributed by atoms with Gasteiger partial charge in [-0.05, 0) is 44.9 Å². The Balaban J connectivity index is 4.05. The smallest absolute Gasteiger partial charge is 0.462 e. The van der Waals surface area contributed by atoms with E-state index in [0.717, 1.165) is 51.4 Å². The van der Waals surface area contributed by atoms with E-state index in [2.05, 4.69) is 42.7 Å². The summed E-state index contributed by atoms with van der Waals surface area (Å²) in [5, 5.41) is 9.79. The molecular formula is C42H75O9P. The van der Waals surface area contributed by atoms with Crippen LogP contribution in [0.4, 0.5) is 0 Å². The average molecular weight is 755 g/mol. The van der Waals surface area contributed by atoms with Gasteiger partial charge in [0.1, 0.15) is 6.61 Å². The number of unbranched alkanes of at least 4 members (excludes halogenated alkanes) is 17. The molecule has 0 amide bonds. The van der Waals surface area contributed by atoms with E-state index in [1.54, 1.807) is 0 Å². The van der Waals surface area contributed by atoms with Crippen LogP contribution in [0.1, 0.15) is 181 Å². The van der Waals surface area contributed by atoms with Crippen LogP contribution >= 0.6 is 7.82 Å². The maximum Gasteiger partial charge on any atom is 0.469 e. The zero-order chi connectivity index (χ0) is 38.4. The second-order valence-electron chi connectivity index (χ2n) is 13.8. The minimum Gasteiger partial charge on any atom is -0.462 e. The number of aliphatic hydroxyl groups is 1. The average Bonchev–Trinajstić information content (AvgIpc) is 3.11. The number of esters is 2. The van der Waals surface area contributed by atoms with Crippen molar-refractivity contribution in [1.82, 2.24) is 0 Å². The molecule has 3 N–H and O–H groups in total. The second kappa shape index (κ2) is 37.3. The predicted octanol–water partition coefficient (Wildman–Crippen LogP) is 11.3. The maximum atomic E-state index is 12.4. The summed E-state index contributed by atoms with van der Waals surface area (Å²) in [6, 6.07) is 0. The van der Waals surface area contributed by atoms with Gasteiger partial charge in [-0.2, -0.15) is 0 Å². The van der Waals surface area contributed by atoms with Crippen molar-refractivity contribution >= 4 is 19.8 Å². The number of rotatable bonds is 37. The number of allylic oxidation sites excluding steroid dienone is 7. The van der Waals surface area contributed by atoms with E-state index in [1.165, 1.54) is 83.5 Å². The highest BCUT2D eigenvalue weighted by Crippen LogP contribution is 2.36. The molecule has 52 heavy (non-hydrogen) atoms. The van der Waals surface area contributed by atoms with Crippen LogP contribution < -0.4 is 0 Å². The molecule has 9 nitrogen and oxygen atoms in total. The Bertz CT molecular complexity index is 1000. The summed E-state index contributed by atoms with van der Waals surface area (Å²) in [5.41, 5.74) is 0. The molecule has 0 heterocycles. The number of ether oxygens (including phenoxy) is 2. The Kier molecular flexibility index (Phi) is 35.8. The fraction of sp³-hybridized carbons (Fsp3) is 0.762. The summed E-state index contributed by atoms with van der Waals surface area (Å²) < 4.78 is 26.3. The van der Waals surface area contributed by atoms with Gasteiger partial charge in [0, 0.05) is 12.8 Å². The molecule has 0 aliphatic heterocycles. The van der Waals surface area contributed by atoms with Gasteiger partial charge in [0.25, 0.3) is 0 Å². The number of carbonyl (C=O) groups is 2. The van der Waals surface area contributed by atoms with Gasteiger partial charge in [-0.15, -0.1) is 0 Å². The van der Waals surface area contributed by atoms with Crippen molar-refractivity contribution < 1.29 is 43.0 Å². The first-order valence-corrected chi connectivity index (χ1v) is 22.1. The van der Waals surface area contributed by atoms with Crippen molar-refractivity contribution in [3.8, 4) is 0 Å². The standard InChI is InChI=1S/C42H75O9P/c1-3-5-7-8-9-10-11-12-13-14-15-19-22-25-28-31-35-41(44)49-37-40(38-50-52(46,47)48)51-42(45)36-32-29-26-23-20-17-16-18-21-24-27-30-34-39(43)33-6-4-2/h16-17,21,23-24,26,30,34,39-40,43H,3-15,18-20,22,25,27-29,31-33,35-38H2,1-2H3,(H2,46,47,48)/b17-16-,24-21-,26-23-,34-30-/t39-,40-/m1/s1. The van der Waals surface area contributed by atoms with Crippen molar-refractivity contribution in [3.63, 3.8) is 0 Å². The van der Waals surface area contributed by atoms with Crippen LogP contribution in [0.2, 0.25) is 0 Å². The predicted molar refractivity (Wildman–Crippen MR) is 213 cm³/mol. The van der Waals surface area contributed by atoms with Crippen molar-refractivity contribution in [2.75, 3.05) is 13.2 Å². The van der Waals surface area contributed by atoms with Gasteiger partial charge in [-0.3, -0.25) is 14.1 Å². The molecule has 0 aliphatic rings. The number of phosphoric acid groups is 1. The molecule has 0 aromatic heterocycles. The van der Waals surface area contributed by atoms with E-state index in [0.29, 0.717) is 19.3 Å². The lowest BCUT2D eigenvalue weighted by Gasteiger charge is -2.18. The third kappa shape index (κ3) is 39.2. The van der Waals surface area contributed by atoms with E-state index in [9.17, 15) is 19.3 Å². The Morgan fingerprint density at radius 1 is 0.577 bits per heavy atom. The highest BCUT2D eigenvalue weighted by molar-refractivity contribution is 7.46. The fourth-order valence-electron chi connectivity index (χ4n) is 5.56. The molecular weight excluding hydrogens is 679 g/mol. The molecule has 10 heteroatoms. The van der Waals surface area contributed by atoms with Crippen LogP contribution in [0.5, 0.6) is 0 Å². The summed E-state index contributed by atoms with van der Waals surface area (Å²) in [6.45, 7) is 3.49. The van der Waals surface area contributed by atoms with Gasteiger partial charge in [-0.25, -0.2) is 4.57 Å².